The molecule has 0 aromatic heterocycles. The van der Waals surface area contributed by atoms with Crippen LogP contribution in [0.25, 0.3) is 0 Å². The molecule has 0 unspecified atom stereocenters. The molecule has 0 bridgehead atoms. The van der Waals surface area contributed by atoms with E-state index in [-0.39, 0.29) is 0 Å². The number of hydrogen-bond donors (Lipinski definition) is 1. The molecule has 15 heavy (non-hydrogen) atoms. The van der Waals surface area contributed by atoms with Gasteiger partial charge in [0.05, 0.1) is 0 Å². The summed E-state index contributed by atoms with van der Waals surface area (Å²) < 4.78 is 0. The zero-order valence-corrected chi connectivity index (χ0v) is 10.3. The van der Waals surface area contributed by atoms with Crippen molar-refractivity contribution < 1.29 is 4.79 Å². The van der Waals surface area contributed by atoms with E-state index in [1.807, 2.05) is 11.8 Å². The number of nitrogens with one attached hydrogen (secondary N) is 1. The van der Waals surface area contributed by atoms with Crippen LogP contribution >= 0.6 is 0 Å². The molecule has 0 atom stereocenters. The second-order valence-electron chi connectivity index (χ2n) is 4.81. The van der Waals surface area contributed by atoms with Crippen molar-refractivity contribution in [3.8, 4) is 0 Å². The highest BCUT2D eigenvalue weighted by Gasteiger charge is 2.21. The number of likely N-dealkylation sites (tertiary alicyclic amines) is 1. The molecule has 1 aliphatic heterocycles. The minimum atomic E-state index is 0.303. The van der Waals surface area contributed by atoms with Gasteiger partial charge in [0.15, 0.2) is 0 Å². The van der Waals surface area contributed by atoms with E-state index in [0.717, 1.165) is 32.5 Å². The van der Waals surface area contributed by atoms with Crippen LogP contribution in [0, 0.1) is 5.92 Å². The van der Waals surface area contributed by atoms with Crippen LogP contribution in [0.1, 0.15) is 40.0 Å². The van der Waals surface area contributed by atoms with Crippen molar-refractivity contribution in [2.75, 3.05) is 19.6 Å². The summed E-state index contributed by atoms with van der Waals surface area (Å²) in [6, 6.07) is 0.619. The van der Waals surface area contributed by atoms with Crippen LogP contribution in [0.2, 0.25) is 0 Å². The van der Waals surface area contributed by atoms with Crippen molar-refractivity contribution in [2.24, 2.45) is 5.92 Å². The molecule has 1 saturated heterocycles. The van der Waals surface area contributed by atoms with Gasteiger partial charge in [0.25, 0.3) is 0 Å². The molecule has 1 fully saturated rings. The predicted molar refractivity (Wildman–Crippen MR) is 62.7 cm³/mol. The van der Waals surface area contributed by atoms with Gasteiger partial charge in [-0.3, -0.25) is 4.79 Å². The molecule has 1 N–H and O–H groups in total. The van der Waals surface area contributed by atoms with Crippen LogP contribution in [0.4, 0.5) is 0 Å². The van der Waals surface area contributed by atoms with Crippen LogP contribution in [0.3, 0.4) is 0 Å². The topological polar surface area (TPSA) is 32.3 Å². The Kier molecular flexibility index (Phi) is 5.09. The SMILES string of the molecule is CCC(=O)N1CCC(NCC(C)C)CC1. The van der Waals surface area contributed by atoms with Gasteiger partial charge in [-0.15, -0.1) is 0 Å². The lowest BCUT2D eigenvalue weighted by Crippen LogP contribution is -2.45. The van der Waals surface area contributed by atoms with Crippen molar-refractivity contribution in [3.63, 3.8) is 0 Å². The maximum Gasteiger partial charge on any atom is 0.222 e. The fourth-order valence-electron chi connectivity index (χ4n) is 1.96. The van der Waals surface area contributed by atoms with Gasteiger partial charge >= 0.3 is 0 Å². The summed E-state index contributed by atoms with van der Waals surface area (Å²) in [4.78, 5) is 13.4. The van der Waals surface area contributed by atoms with Crippen LogP contribution in [0.5, 0.6) is 0 Å². The fraction of sp³-hybridized carbons (Fsp3) is 0.917. The smallest absolute Gasteiger partial charge is 0.222 e. The molecular formula is C12H24N2O. The zero-order chi connectivity index (χ0) is 11.3. The number of carbonyl (C=O) groups is 1. The molecule has 3 nitrogen and oxygen atoms in total. The Hall–Kier alpha value is -0.570. The minimum absolute atomic E-state index is 0.303. The summed E-state index contributed by atoms with van der Waals surface area (Å²) in [6.07, 6.45) is 2.86. The van der Waals surface area contributed by atoms with Crippen LogP contribution in [0.15, 0.2) is 0 Å². The lowest BCUT2D eigenvalue weighted by atomic mass is 10.0. The molecule has 3 heteroatoms. The number of amides is 1. The van der Waals surface area contributed by atoms with E-state index in [1.54, 1.807) is 0 Å². The van der Waals surface area contributed by atoms with Crippen molar-refractivity contribution in [1.29, 1.82) is 0 Å². The molecule has 1 heterocycles. The lowest BCUT2D eigenvalue weighted by Gasteiger charge is -2.32. The average molecular weight is 212 g/mol. The summed E-state index contributed by atoms with van der Waals surface area (Å²) in [5.74, 6) is 1.01. The third-order valence-electron chi connectivity index (χ3n) is 2.96. The van der Waals surface area contributed by atoms with Crippen LogP contribution < -0.4 is 5.32 Å². The molecule has 0 radical (unpaired) electrons. The van der Waals surface area contributed by atoms with E-state index < -0.39 is 0 Å². The first-order valence-corrected chi connectivity index (χ1v) is 6.14. The first-order valence-electron chi connectivity index (χ1n) is 6.14. The molecule has 0 spiro atoms. The van der Waals surface area contributed by atoms with Gasteiger partial charge in [0.2, 0.25) is 5.91 Å². The largest absolute Gasteiger partial charge is 0.343 e. The maximum atomic E-state index is 11.4. The molecule has 1 aliphatic rings. The second-order valence-corrected chi connectivity index (χ2v) is 4.81. The highest BCUT2D eigenvalue weighted by Crippen LogP contribution is 2.11. The lowest BCUT2D eigenvalue weighted by molar-refractivity contribution is -0.131. The van der Waals surface area contributed by atoms with E-state index in [4.69, 9.17) is 0 Å². The number of hydrogen-bond acceptors (Lipinski definition) is 2. The molecule has 0 aromatic rings. The molecule has 88 valence electrons. The Balaban J connectivity index is 2.21. The second kappa shape index (κ2) is 6.11. The van der Waals surface area contributed by atoms with Crippen molar-refractivity contribution in [2.45, 2.75) is 46.1 Å². The van der Waals surface area contributed by atoms with Crippen LogP contribution in [-0.4, -0.2) is 36.5 Å². The van der Waals surface area contributed by atoms with Crippen molar-refractivity contribution in [3.05, 3.63) is 0 Å². The number of rotatable bonds is 4. The maximum absolute atomic E-state index is 11.4. The van der Waals surface area contributed by atoms with Crippen LogP contribution in [-0.2, 0) is 4.79 Å². The molecule has 0 aliphatic carbocycles. The first-order chi connectivity index (χ1) is 7.13. The molecule has 1 rings (SSSR count). The number of carbonyl (C=O) groups excluding carboxylic acids is 1. The van der Waals surface area contributed by atoms with Gasteiger partial charge in [-0.2, -0.15) is 0 Å². The molecule has 1 amide bonds. The van der Waals surface area contributed by atoms with Gasteiger partial charge in [0.1, 0.15) is 0 Å². The van der Waals surface area contributed by atoms with Gasteiger partial charge in [-0.05, 0) is 25.3 Å². The Bertz CT molecular complexity index is 196. The zero-order valence-electron chi connectivity index (χ0n) is 10.3. The molecule has 0 saturated carbocycles. The van der Waals surface area contributed by atoms with E-state index in [9.17, 15) is 4.79 Å². The van der Waals surface area contributed by atoms with Crippen molar-refractivity contribution >= 4 is 5.91 Å². The third kappa shape index (κ3) is 4.20. The molecule has 0 aromatic carbocycles. The van der Waals surface area contributed by atoms with E-state index >= 15 is 0 Å². The predicted octanol–water partition coefficient (Wildman–Crippen LogP) is 1.63. The average Bonchev–Trinajstić information content (AvgIpc) is 2.26. The summed E-state index contributed by atoms with van der Waals surface area (Å²) >= 11 is 0. The molecular weight excluding hydrogens is 188 g/mol. The Morgan fingerprint density at radius 1 is 1.40 bits per heavy atom. The summed E-state index contributed by atoms with van der Waals surface area (Å²) in [5, 5.41) is 3.56. The quantitative estimate of drug-likeness (QED) is 0.768. The number of piperidine rings is 1. The summed E-state index contributed by atoms with van der Waals surface area (Å²) in [7, 11) is 0. The normalized spacial score (nSPS) is 18.5. The van der Waals surface area contributed by atoms with Gasteiger partial charge in [0, 0.05) is 25.6 Å². The van der Waals surface area contributed by atoms with Gasteiger partial charge < -0.3 is 10.2 Å². The standard InChI is InChI=1S/C12H24N2O/c1-4-12(15)14-7-5-11(6-8-14)13-9-10(2)3/h10-11,13H,4-9H2,1-3H3. The Morgan fingerprint density at radius 2 is 2.00 bits per heavy atom. The van der Waals surface area contributed by atoms with Crippen molar-refractivity contribution in [1.82, 2.24) is 10.2 Å². The number of nitrogens with zero attached hydrogens (tertiary/aromatic N) is 1. The highest BCUT2D eigenvalue weighted by atomic mass is 16.2. The highest BCUT2D eigenvalue weighted by molar-refractivity contribution is 5.75. The first kappa shape index (κ1) is 12.5. The van der Waals surface area contributed by atoms with E-state index in [2.05, 4.69) is 19.2 Å². The fourth-order valence-corrected chi connectivity index (χ4v) is 1.96. The summed E-state index contributed by atoms with van der Waals surface area (Å²) in [6.45, 7) is 9.34. The van der Waals surface area contributed by atoms with Gasteiger partial charge in [-0.1, -0.05) is 20.8 Å². The van der Waals surface area contributed by atoms with Gasteiger partial charge in [-0.25, -0.2) is 0 Å². The Labute approximate surface area is 93.2 Å². The monoisotopic (exact) mass is 212 g/mol. The Morgan fingerprint density at radius 3 is 2.47 bits per heavy atom. The summed E-state index contributed by atoms with van der Waals surface area (Å²) in [5.41, 5.74) is 0. The minimum Gasteiger partial charge on any atom is -0.343 e. The third-order valence-corrected chi connectivity index (χ3v) is 2.96. The van der Waals surface area contributed by atoms with E-state index in [0.29, 0.717) is 24.3 Å². The van der Waals surface area contributed by atoms with E-state index in [1.165, 1.54) is 0 Å².